The molecule has 0 heterocycles. The van der Waals surface area contributed by atoms with Gasteiger partial charge in [-0.15, -0.1) is 0 Å². The first-order chi connectivity index (χ1) is 7.58. The molecule has 0 atom stereocenters. The molecule has 1 saturated carbocycles. The summed E-state index contributed by atoms with van der Waals surface area (Å²) in [4.78, 5) is 1.79. The van der Waals surface area contributed by atoms with Crippen LogP contribution in [0.4, 0.5) is 8.78 Å². The Morgan fingerprint density at radius 2 is 1.88 bits per heavy atom. The molecule has 0 saturated heterocycles. The standard InChI is InChI=1S/C12H24F2N2/c1-15-9-12(6-4-3-5-7-12)10-16(2)8-11(13)14/h11,15H,3-10H2,1-2H3. The van der Waals surface area contributed by atoms with Crippen LogP contribution in [0.3, 0.4) is 0 Å². The predicted molar refractivity (Wildman–Crippen MR) is 62.9 cm³/mol. The van der Waals surface area contributed by atoms with Crippen LogP contribution in [0, 0.1) is 5.41 Å². The lowest BCUT2D eigenvalue weighted by Crippen LogP contribution is -2.44. The van der Waals surface area contributed by atoms with E-state index < -0.39 is 6.43 Å². The zero-order valence-electron chi connectivity index (χ0n) is 10.4. The number of rotatable bonds is 6. The van der Waals surface area contributed by atoms with E-state index in [-0.39, 0.29) is 12.0 Å². The lowest BCUT2D eigenvalue weighted by molar-refractivity contribution is 0.0608. The molecule has 0 unspecified atom stereocenters. The van der Waals surface area contributed by atoms with Gasteiger partial charge in [-0.25, -0.2) is 8.78 Å². The Morgan fingerprint density at radius 3 is 2.38 bits per heavy atom. The van der Waals surface area contributed by atoms with Crippen LogP contribution in [0.25, 0.3) is 0 Å². The van der Waals surface area contributed by atoms with Crippen molar-refractivity contribution in [3.05, 3.63) is 0 Å². The summed E-state index contributed by atoms with van der Waals surface area (Å²) in [6.45, 7) is 1.63. The average molecular weight is 234 g/mol. The van der Waals surface area contributed by atoms with Gasteiger partial charge in [0.1, 0.15) is 0 Å². The van der Waals surface area contributed by atoms with Crippen LogP contribution >= 0.6 is 0 Å². The number of hydrogen-bond donors (Lipinski definition) is 1. The van der Waals surface area contributed by atoms with Gasteiger partial charge in [-0.3, -0.25) is 0 Å². The predicted octanol–water partition coefficient (Wildman–Crippen LogP) is 2.35. The number of hydrogen-bond acceptors (Lipinski definition) is 2. The highest BCUT2D eigenvalue weighted by Crippen LogP contribution is 2.36. The second kappa shape index (κ2) is 6.50. The summed E-state index contributed by atoms with van der Waals surface area (Å²) < 4.78 is 24.6. The first-order valence-corrected chi connectivity index (χ1v) is 6.19. The first-order valence-electron chi connectivity index (χ1n) is 6.19. The largest absolute Gasteiger partial charge is 0.319 e. The third-order valence-corrected chi connectivity index (χ3v) is 3.52. The van der Waals surface area contributed by atoms with Crippen LogP contribution in [-0.2, 0) is 0 Å². The molecule has 0 aromatic rings. The maximum absolute atomic E-state index is 12.3. The number of nitrogens with one attached hydrogen (secondary N) is 1. The molecule has 1 N–H and O–H groups in total. The molecule has 0 amide bonds. The summed E-state index contributed by atoms with van der Waals surface area (Å²) in [5.74, 6) is 0. The lowest BCUT2D eigenvalue weighted by Gasteiger charge is -2.40. The fraction of sp³-hybridized carbons (Fsp3) is 1.00. The zero-order chi connectivity index (χ0) is 12.0. The van der Waals surface area contributed by atoms with Crippen LogP contribution in [0.1, 0.15) is 32.1 Å². The summed E-state index contributed by atoms with van der Waals surface area (Å²) in [5, 5.41) is 3.22. The van der Waals surface area contributed by atoms with Gasteiger partial charge < -0.3 is 10.2 Å². The van der Waals surface area contributed by atoms with E-state index in [4.69, 9.17) is 0 Å². The van der Waals surface area contributed by atoms with Crippen molar-refractivity contribution in [3.8, 4) is 0 Å². The molecule has 0 aromatic carbocycles. The fourth-order valence-corrected chi connectivity index (χ4v) is 2.94. The molecular formula is C12H24F2N2. The molecule has 1 rings (SSSR count). The molecule has 0 spiro atoms. The van der Waals surface area contributed by atoms with E-state index in [1.807, 2.05) is 7.05 Å². The van der Waals surface area contributed by atoms with Gasteiger partial charge in [-0.05, 0) is 32.4 Å². The van der Waals surface area contributed by atoms with Gasteiger partial charge in [-0.2, -0.15) is 0 Å². The van der Waals surface area contributed by atoms with Gasteiger partial charge in [-0.1, -0.05) is 19.3 Å². The highest BCUT2D eigenvalue weighted by Gasteiger charge is 2.32. The van der Waals surface area contributed by atoms with E-state index in [1.165, 1.54) is 32.1 Å². The highest BCUT2D eigenvalue weighted by molar-refractivity contribution is 4.87. The van der Waals surface area contributed by atoms with Crippen LogP contribution in [-0.4, -0.2) is 45.1 Å². The Hall–Kier alpha value is -0.220. The Labute approximate surface area is 97.4 Å². The molecule has 2 nitrogen and oxygen atoms in total. The number of nitrogens with zero attached hydrogens (tertiary/aromatic N) is 1. The Kier molecular flexibility index (Phi) is 5.62. The first kappa shape index (κ1) is 13.8. The average Bonchev–Trinajstić information content (AvgIpc) is 2.17. The van der Waals surface area contributed by atoms with E-state index in [0.717, 1.165) is 13.1 Å². The Balaban J connectivity index is 2.48. The van der Waals surface area contributed by atoms with Crippen LogP contribution < -0.4 is 5.32 Å². The SMILES string of the molecule is CNCC1(CN(C)CC(F)F)CCCCC1. The van der Waals surface area contributed by atoms with Crippen LogP contribution in [0.2, 0.25) is 0 Å². The minimum atomic E-state index is -2.22. The third-order valence-electron chi connectivity index (χ3n) is 3.52. The Morgan fingerprint density at radius 1 is 1.25 bits per heavy atom. The molecule has 0 aliphatic heterocycles. The molecule has 0 bridgehead atoms. The smallest absolute Gasteiger partial charge is 0.251 e. The molecule has 16 heavy (non-hydrogen) atoms. The summed E-state index contributed by atoms with van der Waals surface area (Å²) >= 11 is 0. The topological polar surface area (TPSA) is 15.3 Å². The van der Waals surface area contributed by atoms with E-state index >= 15 is 0 Å². The summed E-state index contributed by atoms with van der Waals surface area (Å²) in [5.41, 5.74) is 0.219. The van der Waals surface area contributed by atoms with Gasteiger partial charge in [0.25, 0.3) is 6.43 Å². The van der Waals surface area contributed by atoms with Crippen molar-refractivity contribution in [2.75, 3.05) is 33.7 Å². The normalized spacial score (nSPS) is 20.6. The molecule has 4 heteroatoms. The van der Waals surface area contributed by atoms with Gasteiger partial charge in [0.05, 0.1) is 6.54 Å². The summed E-state index contributed by atoms with van der Waals surface area (Å²) in [6.07, 6.45) is 3.89. The van der Waals surface area contributed by atoms with Crippen molar-refractivity contribution >= 4 is 0 Å². The van der Waals surface area contributed by atoms with Crippen molar-refractivity contribution < 1.29 is 8.78 Å². The number of halogens is 2. The van der Waals surface area contributed by atoms with E-state index in [0.29, 0.717) is 0 Å². The van der Waals surface area contributed by atoms with Gasteiger partial charge in [0, 0.05) is 13.1 Å². The molecule has 0 radical (unpaired) electrons. The zero-order valence-corrected chi connectivity index (χ0v) is 10.4. The van der Waals surface area contributed by atoms with Crippen molar-refractivity contribution in [2.45, 2.75) is 38.5 Å². The molecule has 0 aromatic heterocycles. The molecule has 96 valence electrons. The summed E-state index contributed by atoms with van der Waals surface area (Å²) in [7, 11) is 3.75. The maximum Gasteiger partial charge on any atom is 0.251 e. The fourth-order valence-electron chi connectivity index (χ4n) is 2.94. The van der Waals surface area contributed by atoms with E-state index in [1.54, 1.807) is 11.9 Å². The molecule has 1 fully saturated rings. The minimum absolute atomic E-state index is 0.106. The van der Waals surface area contributed by atoms with E-state index in [2.05, 4.69) is 5.32 Å². The van der Waals surface area contributed by atoms with Crippen molar-refractivity contribution in [1.82, 2.24) is 10.2 Å². The Bertz CT molecular complexity index is 186. The number of alkyl halides is 2. The van der Waals surface area contributed by atoms with Crippen LogP contribution in [0.15, 0.2) is 0 Å². The van der Waals surface area contributed by atoms with Crippen LogP contribution in [0.5, 0.6) is 0 Å². The van der Waals surface area contributed by atoms with Crippen molar-refractivity contribution in [2.24, 2.45) is 5.41 Å². The van der Waals surface area contributed by atoms with Crippen molar-refractivity contribution in [1.29, 1.82) is 0 Å². The molecule has 1 aliphatic carbocycles. The van der Waals surface area contributed by atoms with Gasteiger partial charge in [0.15, 0.2) is 0 Å². The lowest BCUT2D eigenvalue weighted by atomic mass is 9.73. The van der Waals surface area contributed by atoms with Gasteiger partial charge >= 0.3 is 0 Å². The van der Waals surface area contributed by atoms with Gasteiger partial charge in [0.2, 0.25) is 0 Å². The van der Waals surface area contributed by atoms with Crippen molar-refractivity contribution in [3.63, 3.8) is 0 Å². The molecule has 1 aliphatic rings. The highest BCUT2D eigenvalue weighted by atomic mass is 19.3. The monoisotopic (exact) mass is 234 g/mol. The minimum Gasteiger partial charge on any atom is -0.319 e. The second-order valence-electron chi connectivity index (χ2n) is 5.18. The quantitative estimate of drug-likeness (QED) is 0.759. The maximum atomic E-state index is 12.3. The molecular weight excluding hydrogens is 210 g/mol. The third kappa shape index (κ3) is 4.34. The van der Waals surface area contributed by atoms with E-state index in [9.17, 15) is 8.78 Å². The summed E-state index contributed by atoms with van der Waals surface area (Å²) in [6, 6.07) is 0. The second-order valence-corrected chi connectivity index (χ2v) is 5.18.